The van der Waals surface area contributed by atoms with E-state index < -0.39 is 30.7 Å². The number of Topliss-reactive ketones (excluding diaryl/α,β-unsaturated/α-hetero) is 1. The van der Waals surface area contributed by atoms with E-state index in [0.717, 1.165) is 67.2 Å². The van der Waals surface area contributed by atoms with Crippen molar-refractivity contribution in [3.63, 3.8) is 0 Å². The molecule has 0 bridgehead atoms. The SMILES string of the molecule is CB(O)N[C@H](Cc1ccc(Br)cc1Cl)CC1C(=O)OC(C)(C)OC1=O.O=C1CC[C@@H](Cc2ccc(Br)cc2Cl)C1.O=C[B]N1C(=O)CC[C@H]1Cc1ccc(Br)cc1Cl. The Bertz CT molecular complexity index is 1960. The van der Waals surface area contributed by atoms with E-state index in [1.807, 2.05) is 48.5 Å². The minimum absolute atomic E-state index is 0.000309. The predicted molar refractivity (Wildman–Crippen MR) is 238 cm³/mol. The van der Waals surface area contributed by atoms with Crippen LogP contribution in [0.2, 0.25) is 21.9 Å². The summed E-state index contributed by atoms with van der Waals surface area (Å²) in [6.45, 7) is 4.58. The van der Waals surface area contributed by atoms with Crippen LogP contribution in [0.1, 0.15) is 69.1 Å². The van der Waals surface area contributed by atoms with Crippen molar-refractivity contribution in [1.82, 2.24) is 10.0 Å². The zero-order valence-corrected chi connectivity index (χ0v) is 39.1. The van der Waals surface area contributed by atoms with Gasteiger partial charge in [0.1, 0.15) is 12.0 Å². The lowest BCUT2D eigenvalue weighted by molar-refractivity contribution is -0.240. The number of carbonyl (C=O) groups excluding carboxylic acids is 5. The number of carbonyl (C=O) groups is 5. The fraction of sp³-hybridized carbons (Fsp3) is 0.425. The molecule has 18 heteroatoms. The summed E-state index contributed by atoms with van der Waals surface area (Å²) in [6, 6.07) is 16.8. The largest absolute Gasteiger partial charge is 0.437 e. The molecule has 2 N–H and O–H groups in total. The minimum atomic E-state index is -1.26. The van der Waals surface area contributed by atoms with Gasteiger partial charge in [-0.3, -0.25) is 19.2 Å². The second-order valence-electron chi connectivity index (χ2n) is 14.8. The van der Waals surface area contributed by atoms with E-state index >= 15 is 0 Å². The number of esters is 2. The van der Waals surface area contributed by atoms with E-state index in [0.29, 0.717) is 47.2 Å². The van der Waals surface area contributed by atoms with E-state index in [2.05, 4.69) is 53.0 Å². The summed E-state index contributed by atoms with van der Waals surface area (Å²) in [5, 5.41) is 14.7. The molecule has 10 nitrogen and oxygen atoms in total. The number of nitrogens with one attached hydrogen (secondary N) is 1. The van der Waals surface area contributed by atoms with Crippen LogP contribution in [0.4, 0.5) is 0 Å². The molecular weight excluding hydrogens is 1000 g/mol. The van der Waals surface area contributed by atoms with Gasteiger partial charge in [0.25, 0.3) is 5.79 Å². The number of benzene rings is 3. The normalized spacial score (nSPS) is 19.3. The van der Waals surface area contributed by atoms with Crippen molar-refractivity contribution in [1.29, 1.82) is 0 Å². The first kappa shape index (κ1) is 48.4. The van der Waals surface area contributed by atoms with Gasteiger partial charge in [0.2, 0.25) is 5.91 Å². The summed E-state index contributed by atoms with van der Waals surface area (Å²) in [5.74, 6) is -2.66. The van der Waals surface area contributed by atoms with Crippen LogP contribution in [-0.2, 0) is 52.7 Å². The first-order valence-electron chi connectivity index (χ1n) is 18.7. The molecule has 1 radical (unpaired) electrons. The lowest BCUT2D eigenvalue weighted by Gasteiger charge is -2.34. The summed E-state index contributed by atoms with van der Waals surface area (Å²) in [7, 11) is 0.499. The molecule has 2 heterocycles. The van der Waals surface area contributed by atoms with Crippen molar-refractivity contribution in [2.45, 2.75) is 96.3 Å². The molecule has 6 rings (SSSR count). The maximum atomic E-state index is 12.2. The molecule has 1 amide bonds. The standard InChI is InChI=1S/C16H20BBrClNO5.C12H11BBrClNO2.C12H12BrClO/c1-16(2)24-14(21)12(15(22)25-16)8-11(20-17(3)23)6-9-4-5-10(18)7-13(9)19;14-9-2-1-8(11(15)6-9)5-10-3-4-12(18)16(10)13-7-17;13-10-3-2-9(12(14)7-10)5-8-1-4-11(15)6-8/h4-5,7,11-12,20,23H,6,8H2,1-3H3;1-2,6-7,10H,3-5H2;2-3,7-8H,1,4-6H2/t11-;10-;8-/m100/s1. The van der Waals surface area contributed by atoms with Gasteiger partial charge in [-0.2, -0.15) is 0 Å². The molecule has 3 aromatic rings. The number of halogens is 6. The highest BCUT2D eigenvalue weighted by Gasteiger charge is 2.44. The third-order valence-electron chi connectivity index (χ3n) is 9.68. The fourth-order valence-electron chi connectivity index (χ4n) is 6.96. The Hall–Kier alpha value is -2.23. The van der Waals surface area contributed by atoms with Gasteiger partial charge in [-0.15, -0.1) is 0 Å². The van der Waals surface area contributed by atoms with Crippen LogP contribution < -0.4 is 5.23 Å². The maximum Gasteiger partial charge on any atom is 0.373 e. The minimum Gasteiger partial charge on any atom is -0.437 e. The van der Waals surface area contributed by atoms with Crippen LogP contribution in [-0.4, -0.2) is 72.0 Å². The molecule has 2 aliphatic heterocycles. The van der Waals surface area contributed by atoms with Gasteiger partial charge in [-0.05, 0) is 104 Å². The summed E-state index contributed by atoms with van der Waals surface area (Å²) < 4.78 is 13.1. The van der Waals surface area contributed by atoms with Gasteiger partial charge in [0.05, 0.1) is 0 Å². The van der Waals surface area contributed by atoms with E-state index in [1.165, 1.54) is 26.1 Å². The van der Waals surface area contributed by atoms with E-state index in [9.17, 15) is 29.0 Å². The third-order valence-corrected chi connectivity index (χ3v) is 12.2. The highest BCUT2D eigenvalue weighted by molar-refractivity contribution is 9.11. The molecule has 1 aliphatic carbocycles. The van der Waals surface area contributed by atoms with Crippen LogP contribution >= 0.6 is 82.6 Å². The number of nitrogens with zero attached hydrogens (tertiary/aromatic N) is 1. The van der Waals surface area contributed by atoms with E-state index in [-0.39, 0.29) is 24.4 Å². The molecule has 3 aromatic carbocycles. The van der Waals surface area contributed by atoms with Crippen LogP contribution in [0.5, 0.6) is 0 Å². The number of ketones is 1. The average Bonchev–Trinajstić information content (AvgIpc) is 3.70. The summed E-state index contributed by atoms with van der Waals surface area (Å²) in [4.78, 5) is 59.1. The van der Waals surface area contributed by atoms with E-state index in [1.54, 1.807) is 12.9 Å². The first-order valence-corrected chi connectivity index (χ1v) is 22.2. The van der Waals surface area contributed by atoms with Crippen molar-refractivity contribution >= 4 is 127 Å². The van der Waals surface area contributed by atoms with Gasteiger partial charge in [0.15, 0.2) is 5.92 Å². The van der Waals surface area contributed by atoms with Crippen molar-refractivity contribution in [3.05, 3.63) is 99.8 Å². The van der Waals surface area contributed by atoms with E-state index in [4.69, 9.17) is 44.3 Å². The number of amides is 1. The second kappa shape index (κ2) is 22.6. The molecule has 3 fully saturated rings. The lowest BCUT2D eigenvalue weighted by atomic mass is 9.83. The first-order chi connectivity index (χ1) is 27.3. The number of hydrogen-bond donors (Lipinski definition) is 2. The number of rotatable bonds is 12. The Morgan fingerprint density at radius 3 is 1.84 bits per heavy atom. The number of ether oxygens (including phenoxy) is 2. The number of hydrogen-bond acceptors (Lipinski definition) is 9. The van der Waals surface area contributed by atoms with Gasteiger partial charge in [-0.25, -0.2) is 0 Å². The molecule has 0 unspecified atom stereocenters. The topological polar surface area (TPSA) is 139 Å². The second-order valence-corrected chi connectivity index (χ2v) is 18.8. The van der Waals surface area contributed by atoms with Gasteiger partial charge in [-0.1, -0.05) is 101 Å². The van der Waals surface area contributed by atoms with Crippen LogP contribution in [0.3, 0.4) is 0 Å². The molecule has 3 atom stereocenters. The third kappa shape index (κ3) is 15.0. The van der Waals surface area contributed by atoms with Crippen LogP contribution in [0, 0.1) is 11.8 Å². The molecule has 58 heavy (non-hydrogen) atoms. The van der Waals surface area contributed by atoms with Gasteiger partial charge in [0, 0.05) is 73.7 Å². The molecule has 2 saturated heterocycles. The number of cyclic esters (lactones) is 2. The summed E-state index contributed by atoms with van der Waals surface area (Å²) in [6.07, 6.45) is 6.55. The highest BCUT2D eigenvalue weighted by atomic mass is 79.9. The van der Waals surface area contributed by atoms with Crippen LogP contribution in [0.15, 0.2) is 68.0 Å². The zero-order chi connectivity index (χ0) is 42.7. The smallest absolute Gasteiger partial charge is 0.373 e. The lowest BCUT2D eigenvalue weighted by Crippen LogP contribution is -2.50. The Morgan fingerprint density at radius 2 is 1.38 bits per heavy atom. The highest BCUT2D eigenvalue weighted by Crippen LogP contribution is 2.31. The van der Waals surface area contributed by atoms with Crippen molar-refractivity contribution in [2.75, 3.05) is 0 Å². The molecule has 0 aromatic heterocycles. The van der Waals surface area contributed by atoms with Crippen molar-refractivity contribution in [3.8, 4) is 0 Å². The van der Waals surface area contributed by atoms with Crippen molar-refractivity contribution < 1.29 is 38.5 Å². The zero-order valence-electron chi connectivity index (χ0n) is 32.1. The molecule has 3 aliphatic rings. The monoisotopic (exact) mass is 1040 g/mol. The predicted octanol–water partition coefficient (Wildman–Crippen LogP) is 9.02. The van der Waals surface area contributed by atoms with Crippen LogP contribution in [0.25, 0.3) is 0 Å². The Balaban J connectivity index is 0.000000199. The van der Waals surface area contributed by atoms with Gasteiger partial charge < -0.3 is 29.3 Å². The van der Waals surface area contributed by atoms with Crippen molar-refractivity contribution in [2.24, 2.45) is 11.8 Å². The summed E-state index contributed by atoms with van der Waals surface area (Å²) >= 11 is 28.6. The molecule has 309 valence electrons. The Kier molecular flexibility index (Phi) is 18.8. The quantitative estimate of drug-likeness (QED) is 0.0788. The Morgan fingerprint density at radius 1 is 0.862 bits per heavy atom. The maximum absolute atomic E-state index is 12.2. The molecule has 1 saturated carbocycles. The fourth-order valence-corrected chi connectivity index (χ4v) is 9.21. The Labute approximate surface area is 380 Å². The summed E-state index contributed by atoms with van der Waals surface area (Å²) in [5.41, 5.74) is 2.98. The molecular formula is C40H43B2Br3Cl3N2O8. The molecule has 0 spiro atoms. The average molecular weight is 1050 g/mol. The van der Waals surface area contributed by atoms with Gasteiger partial charge >= 0.3 is 26.4 Å².